The second-order valence-electron chi connectivity index (χ2n) is 13.0. The van der Waals surface area contributed by atoms with Gasteiger partial charge in [0, 0.05) is 56.9 Å². The van der Waals surface area contributed by atoms with Crippen LogP contribution in [-0.2, 0) is 16.7 Å². The quantitative estimate of drug-likeness (QED) is 0.140. The highest BCUT2D eigenvalue weighted by molar-refractivity contribution is 6.42. The minimum absolute atomic E-state index is 0.0798. The number of nitrogens with zero attached hydrogens (tertiary/aromatic N) is 5. The van der Waals surface area contributed by atoms with Gasteiger partial charge in [0.1, 0.15) is 0 Å². The van der Waals surface area contributed by atoms with Gasteiger partial charge >= 0.3 is 0 Å². The molecule has 0 spiro atoms. The molecule has 0 unspecified atom stereocenters. The van der Waals surface area contributed by atoms with Crippen LogP contribution in [0.3, 0.4) is 0 Å². The summed E-state index contributed by atoms with van der Waals surface area (Å²) in [5.41, 5.74) is 3.45. The number of amides is 1. The third kappa shape index (κ3) is 7.49. The summed E-state index contributed by atoms with van der Waals surface area (Å²) in [5.74, 6) is 2.29. The Morgan fingerprint density at radius 1 is 0.880 bits per heavy atom. The molecule has 3 aromatic carbocycles. The molecule has 2 aliphatic heterocycles. The average molecular weight is 725 g/mol. The summed E-state index contributed by atoms with van der Waals surface area (Å²) in [7, 11) is 4.66. The van der Waals surface area contributed by atoms with Crippen LogP contribution in [0.1, 0.15) is 42.1 Å². The number of rotatable bonds is 13. The highest BCUT2D eigenvalue weighted by Crippen LogP contribution is 2.42. The zero-order valence-electron chi connectivity index (χ0n) is 29.4. The molecule has 0 bridgehead atoms. The highest BCUT2D eigenvalue weighted by atomic mass is 35.5. The molecule has 10 nitrogen and oxygen atoms in total. The van der Waals surface area contributed by atoms with Crippen molar-refractivity contribution in [2.75, 3.05) is 85.3 Å². The summed E-state index contributed by atoms with van der Waals surface area (Å²) < 4.78 is 24.6. The minimum atomic E-state index is -0.288. The van der Waals surface area contributed by atoms with E-state index >= 15 is 0 Å². The number of ether oxygens (including phenoxy) is 4. The van der Waals surface area contributed by atoms with E-state index in [-0.39, 0.29) is 11.3 Å². The highest BCUT2D eigenvalue weighted by Gasteiger charge is 2.42. The number of benzene rings is 3. The average Bonchev–Trinajstić information content (AvgIpc) is 3.66. The number of aromatic nitrogens is 2. The first-order valence-corrected chi connectivity index (χ1v) is 18.1. The number of carbonyl (C=O) groups excluding carboxylic acids is 1. The number of hydrogen-bond donors (Lipinski definition) is 0. The molecule has 0 aliphatic carbocycles. The van der Waals surface area contributed by atoms with Crippen molar-refractivity contribution < 1.29 is 23.7 Å². The van der Waals surface area contributed by atoms with Gasteiger partial charge in [-0.3, -0.25) is 4.79 Å². The summed E-state index contributed by atoms with van der Waals surface area (Å²) >= 11 is 13.0. The van der Waals surface area contributed by atoms with Gasteiger partial charge in [-0.15, -0.1) is 0 Å². The van der Waals surface area contributed by atoms with Gasteiger partial charge in [0.2, 0.25) is 11.7 Å². The lowest BCUT2D eigenvalue weighted by atomic mass is 9.76. The first kappa shape index (κ1) is 36.1. The summed E-state index contributed by atoms with van der Waals surface area (Å²) in [4.78, 5) is 26.0. The van der Waals surface area contributed by atoms with Gasteiger partial charge in [-0.2, -0.15) is 0 Å². The van der Waals surface area contributed by atoms with Crippen LogP contribution in [0, 0.1) is 0 Å². The van der Waals surface area contributed by atoms with Crippen LogP contribution in [0.4, 0.5) is 5.95 Å². The van der Waals surface area contributed by atoms with E-state index in [1.807, 2.05) is 30.0 Å². The zero-order valence-corrected chi connectivity index (χ0v) is 30.9. The Morgan fingerprint density at radius 3 is 2.38 bits per heavy atom. The first-order valence-electron chi connectivity index (χ1n) is 17.4. The van der Waals surface area contributed by atoms with Gasteiger partial charge in [0.25, 0.3) is 5.91 Å². The minimum Gasteiger partial charge on any atom is -0.493 e. The molecule has 1 aromatic heterocycles. The molecule has 1 atom stereocenters. The lowest BCUT2D eigenvalue weighted by molar-refractivity contribution is 0.0780. The van der Waals surface area contributed by atoms with E-state index in [0.717, 1.165) is 81.1 Å². The van der Waals surface area contributed by atoms with Crippen molar-refractivity contribution in [3.63, 3.8) is 0 Å². The first-order chi connectivity index (χ1) is 24.3. The van der Waals surface area contributed by atoms with Crippen LogP contribution in [0.15, 0.2) is 54.6 Å². The molecule has 6 rings (SSSR count). The normalized spacial score (nSPS) is 18.4. The van der Waals surface area contributed by atoms with Crippen LogP contribution in [-0.4, -0.2) is 106 Å². The number of para-hydroxylation sites is 2. The van der Waals surface area contributed by atoms with Crippen molar-refractivity contribution in [3.8, 4) is 17.2 Å². The molecular weight excluding hydrogens is 677 g/mol. The van der Waals surface area contributed by atoms with Gasteiger partial charge < -0.3 is 38.2 Å². The molecule has 0 radical (unpaired) electrons. The lowest BCUT2D eigenvalue weighted by Gasteiger charge is -2.33. The number of likely N-dealkylation sites (tertiary alicyclic amines) is 1. The van der Waals surface area contributed by atoms with Crippen LogP contribution in [0.2, 0.25) is 10.0 Å². The maximum Gasteiger partial charge on any atom is 0.254 e. The molecule has 1 amide bonds. The van der Waals surface area contributed by atoms with E-state index in [9.17, 15) is 4.79 Å². The van der Waals surface area contributed by atoms with Crippen LogP contribution < -0.4 is 19.1 Å². The molecule has 0 N–H and O–H groups in total. The van der Waals surface area contributed by atoms with E-state index in [1.165, 1.54) is 0 Å². The van der Waals surface area contributed by atoms with Crippen molar-refractivity contribution in [1.29, 1.82) is 0 Å². The van der Waals surface area contributed by atoms with Crippen LogP contribution >= 0.6 is 23.2 Å². The number of anilines is 1. The van der Waals surface area contributed by atoms with E-state index in [2.05, 4.69) is 38.6 Å². The topological polar surface area (TPSA) is 81.5 Å². The second kappa shape index (κ2) is 16.1. The third-order valence-corrected chi connectivity index (χ3v) is 10.9. The SMILES string of the molecule is CCOCCn1c(N2CCCN(CC[C@@]3(c4ccc(Cl)c(Cl)c4)CCN(C(=O)c4cc(OC)c(OC)c(OC)c4)C3)CC2)nc2ccccc21. The number of imidazole rings is 1. The molecule has 4 aromatic rings. The van der Waals surface area contributed by atoms with E-state index in [4.69, 9.17) is 47.1 Å². The van der Waals surface area contributed by atoms with Crippen molar-refractivity contribution in [2.24, 2.45) is 0 Å². The molecule has 3 heterocycles. The molecule has 12 heteroatoms. The maximum atomic E-state index is 14.0. The number of fused-ring (bicyclic) bond motifs is 1. The summed E-state index contributed by atoms with van der Waals surface area (Å²) in [6.45, 7) is 9.92. The van der Waals surface area contributed by atoms with Crippen molar-refractivity contribution in [1.82, 2.24) is 19.4 Å². The van der Waals surface area contributed by atoms with Gasteiger partial charge in [0.05, 0.1) is 49.0 Å². The molecule has 2 fully saturated rings. The molecule has 2 aliphatic rings. The molecular formula is C38H47Cl2N5O5. The smallest absolute Gasteiger partial charge is 0.254 e. The molecule has 0 saturated carbocycles. The maximum absolute atomic E-state index is 14.0. The number of hydrogen-bond acceptors (Lipinski definition) is 8. The van der Waals surface area contributed by atoms with E-state index in [1.54, 1.807) is 33.5 Å². The predicted molar refractivity (Wildman–Crippen MR) is 199 cm³/mol. The number of methoxy groups -OCH3 is 3. The Labute approximate surface area is 304 Å². The van der Waals surface area contributed by atoms with Gasteiger partial charge in [-0.05, 0) is 81.2 Å². The fourth-order valence-electron chi connectivity index (χ4n) is 7.43. The Balaban J connectivity index is 1.19. The molecule has 268 valence electrons. The van der Waals surface area contributed by atoms with Crippen LogP contribution in [0.5, 0.6) is 17.2 Å². The van der Waals surface area contributed by atoms with E-state index < -0.39 is 0 Å². The number of carbonyl (C=O) groups is 1. The van der Waals surface area contributed by atoms with Crippen molar-refractivity contribution in [2.45, 2.75) is 38.1 Å². The van der Waals surface area contributed by atoms with Crippen molar-refractivity contribution >= 4 is 46.1 Å². The zero-order chi connectivity index (χ0) is 35.3. The van der Waals surface area contributed by atoms with Gasteiger partial charge in [0.15, 0.2) is 11.5 Å². The summed E-state index contributed by atoms with van der Waals surface area (Å²) in [6.07, 6.45) is 2.71. The third-order valence-electron chi connectivity index (χ3n) is 10.2. The Morgan fingerprint density at radius 2 is 1.66 bits per heavy atom. The second-order valence-corrected chi connectivity index (χ2v) is 13.8. The monoisotopic (exact) mass is 723 g/mol. The fourth-order valence-corrected chi connectivity index (χ4v) is 7.73. The largest absolute Gasteiger partial charge is 0.493 e. The lowest BCUT2D eigenvalue weighted by Crippen LogP contribution is -2.39. The Hall–Kier alpha value is -3.70. The number of halogens is 2. The predicted octanol–water partition coefficient (Wildman–Crippen LogP) is 6.79. The summed E-state index contributed by atoms with van der Waals surface area (Å²) in [6, 6.07) is 17.7. The van der Waals surface area contributed by atoms with Gasteiger partial charge in [-0.25, -0.2) is 4.98 Å². The van der Waals surface area contributed by atoms with Crippen LogP contribution in [0.25, 0.3) is 11.0 Å². The Kier molecular flexibility index (Phi) is 11.6. The standard InChI is InChI=1S/C38H47Cl2N5O5/c1-5-50-22-21-45-32-10-7-6-9-31(32)41-37(45)43-16-8-15-42(19-20-43)17-13-38(28-11-12-29(39)30(40)25-28)14-18-44(26-38)36(46)27-23-33(47-2)35(49-4)34(24-27)48-3/h6-7,9-12,23-25H,5,8,13-22,26H2,1-4H3/t38-/m1/s1. The fraction of sp³-hybridized carbons (Fsp3) is 0.474. The summed E-state index contributed by atoms with van der Waals surface area (Å²) in [5, 5.41) is 1.05. The van der Waals surface area contributed by atoms with E-state index in [0.29, 0.717) is 59.2 Å². The molecule has 50 heavy (non-hydrogen) atoms. The van der Waals surface area contributed by atoms with Crippen molar-refractivity contribution in [3.05, 3.63) is 75.8 Å². The van der Waals surface area contributed by atoms with Gasteiger partial charge in [-0.1, -0.05) is 41.4 Å². The Bertz CT molecular complexity index is 1780. The molecule has 2 saturated heterocycles.